The molecular formula is C14H16ClN3O. The van der Waals surface area contributed by atoms with Gasteiger partial charge in [0, 0.05) is 18.8 Å². The number of ether oxygens (including phenoxy) is 1. The predicted octanol–water partition coefficient (Wildman–Crippen LogP) is 2.76. The number of halogens is 1. The molecule has 0 aliphatic carbocycles. The summed E-state index contributed by atoms with van der Waals surface area (Å²) in [4.78, 5) is 11.0. The first-order valence-electron chi connectivity index (χ1n) is 6.58. The fourth-order valence-electron chi connectivity index (χ4n) is 2.36. The van der Waals surface area contributed by atoms with Crippen molar-refractivity contribution >= 4 is 22.6 Å². The zero-order valence-electron chi connectivity index (χ0n) is 10.7. The van der Waals surface area contributed by atoms with Crippen LogP contribution in [-0.4, -0.2) is 41.1 Å². The lowest BCUT2D eigenvalue weighted by atomic mass is 10.3. The minimum absolute atomic E-state index is 0.619. The van der Waals surface area contributed by atoms with Crippen LogP contribution in [0, 0.1) is 0 Å². The molecule has 5 heteroatoms. The zero-order valence-corrected chi connectivity index (χ0v) is 11.4. The Morgan fingerprint density at radius 2 is 2.11 bits per heavy atom. The van der Waals surface area contributed by atoms with Crippen molar-refractivity contribution in [1.29, 1.82) is 0 Å². The molecule has 3 rings (SSSR count). The summed E-state index contributed by atoms with van der Waals surface area (Å²) in [7, 11) is 0. The van der Waals surface area contributed by atoms with Gasteiger partial charge in [0.25, 0.3) is 0 Å². The highest BCUT2D eigenvalue weighted by molar-refractivity contribution is 6.34. The van der Waals surface area contributed by atoms with E-state index in [4.69, 9.17) is 16.3 Å². The van der Waals surface area contributed by atoms with E-state index < -0.39 is 0 Å². The Bertz CT molecular complexity index is 570. The van der Waals surface area contributed by atoms with E-state index in [2.05, 4.69) is 14.9 Å². The molecule has 2 aromatic heterocycles. The van der Waals surface area contributed by atoms with Gasteiger partial charge in [-0.1, -0.05) is 11.6 Å². The molecule has 0 saturated carbocycles. The molecule has 0 amide bonds. The molecule has 0 unspecified atom stereocenters. The van der Waals surface area contributed by atoms with E-state index in [9.17, 15) is 0 Å². The molecule has 4 nitrogen and oxygen atoms in total. The quantitative estimate of drug-likeness (QED) is 0.861. The van der Waals surface area contributed by atoms with Crippen molar-refractivity contribution in [1.82, 2.24) is 14.9 Å². The fraction of sp³-hybridized carbons (Fsp3) is 0.429. The van der Waals surface area contributed by atoms with E-state index in [1.165, 1.54) is 25.9 Å². The van der Waals surface area contributed by atoms with Gasteiger partial charge in [0.05, 0.1) is 16.7 Å². The monoisotopic (exact) mass is 277 g/mol. The summed E-state index contributed by atoms with van der Waals surface area (Å²) in [5, 5.41) is 0.619. The molecule has 3 heterocycles. The predicted molar refractivity (Wildman–Crippen MR) is 75.7 cm³/mol. The second-order valence-electron chi connectivity index (χ2n) is 4.73. The van der Waals surface area contributed by atoms with Crippen LogP contribution >= 0.6 is 11.6 Å². The molecule has 1 saturated heterocycles. The average Bonchev–Trinajstić information content (AvgIpc) is 2.92. The fourth-order valence-corrected chi connectivity index (χ4v) is 2.56. The van der Waals surface area contributed by atoms with Crippen LogP contribution in [0.4, 0.5) is 0 Å². The lowest BCUT2D eigenvalue weighted by molar-refractivity contribution is 0.237. The third-order valence-electron chi connectivity index (χ3n) is 3.38. The van der Waals surface area contributed by atoms with Gasteiger partial charge in [0.2, 0.25) is 0 Å². The first kappa shape index (κ1) is 12.6. The third kappa shape index (κ3) is 2.96. The second-order valence-corrected chi connectivity index (χ2v) is 5.14. The highest BCUT2D eigenvalue weighted by atomic mass is 35.5. The van der Waals surface area contributed by atoms with Crippen LogP contribution in [0.3, 0.4) is 0 Å². The maximum atomic E-state index is 6.05. The molecule has 0 aromatic carbocycles. The van der Waals surface area contributed by atoms with Gasteiger partial charge in [-0.05, 0) is 32.0 Å². The van der Waals surface area contributed by atoms with Crippen molar-refractivity contribution in [3.8, 4) is 5.75 Å². The van der Waals surface area contributed by atoms with Gasteiger partial charge < -0.3 is 4.74 Å². The van der Waals surface area contributed by atoms with Crippen molar-refractivity contribution in [3.63, 3.8) is 0 Å². The number of hydrogen-bond donors (Lipinski definition) is 0. The summed E-state index contributed by atoms with van der Waals surface area (Å²) >= 11 is 6.05. The lowest BCUT2D eigenvalue weighted by Crippen LogP contribution is -2.25. The van der Waals surface area contributed by atoms with Gasteiger partial charge in [-0.2, -0.15) is 0 Å². The Morgan fingerprint density at radius 3 is 2.95 bits per heavy atom. The Kier molecular flexibility index (Phi) is 3.80. The Hall–Kier alpha value is -1.39. The molecule has 19 heavy (non-hydrogen) atoms. The van der Waals surface area contributed by atoms with E-state index in [1.54, 1.807) is 18.5 Å². The van der Waals surface area contributed by atoms with Crippen molar-refractivity contribution < 1.29 is 4.74 Å². The topological polar surface area (TPSA) is 38.2 Å². The highest BCUT2D eigenvalue weighted by Crippen LogP contribution is 2.22. The number of rotatable bonds is 4. The molecule has 2 aromatic rings. The summed E-state index contributed by atoms with van der Waals surface area (Å²) in [6, 6.07) is 3.63. The maximum absolute atomic E-state index is 6.05. The summed E-state index contributed by atoms with van der Waals surface area (Å²) in [6.07, 6.45) is 6.00. The van der Waals surface area contributed by atoms with E-state index in [0.717, 1.165) is 23.3 Å². The Morgan fingerprint density at radius 1 is 1.26 bits per heavy atom. The first-order valence-corrected chi connectivity index (χ1v) is 6.96. The molecule has 1 fully saturated rings. The van der Waals surface area contributed by atoms with Crippen molar-refractivity contribution in [2.75, 3.05) is 26.2 Å². The van der Waals surface area contributed by atoms with Crippen LogP contribution in [0.25, 0.3) is 11.0 Å². The standard InChI is InChI=1S/C14H16ClN3O/c15-12-3-4-16-13-9-11(10-17-14(12)13)19-8-7-18-5-1-2-6-18/h3-4,9-10H,1-2,5-8H2. The second kappa shape index (κ2) is 5.72. The molecule has 0 spiro atoms. The molecule has 0 bridgehead atoms. The first-order chi connectivity index (χ1) is 9.33. The van der Waals surface area contributed by atoms with Gasteiger partial charge in [0.15, 0.2) is 0 Å². The number of nitrogens with zero attached hydrogens (tertiary/aromatic N) is 3. The van der Waals surface area contributed by atoms with Crippen molar-refractivity contribution in [3.05, 3.63) is 29.5 Å². The van der Waals surface area contributed by atoms with Crippen LogP contribution in [-0.2, 0) is 0 Å². The molecule has 100 valence electrons. The normalized spacial score (nSPS) is 16.1. The lowest BCUT2D eigenvalue weighted by Gasteiger charge is -2.14. The van der Waals surface area contributed by atoms with Crippen LogP contribution in [0.2, 0.25) is 5.02 Å². The van der Waals surface area contributed by atoms with Gasteiger partial charge in [-0.25, -0.2) is 4.98 Å². The van der Waals surface area contributed by atoms with Gasteiger partial charge >= 0.3 is 0 Å². The molecule has 0 radical (unpaired) electrons. The molecular weight excluding hydrogens is 262 g/mol. The minimum Gasteiger partial charge on any atom is -0.491 e. The molecule has 1 aliphatic rings. The average molecular weight is 278 g/mol. The van der Waals surface area contributed by atoms with E-state index >= 15 is 0 Å². The number of fused-ring (bicyclic) bond motifs is 1. The summed E-state index contributed by atoms with van der Waals surface area (Å²) < 4.78 is 5.73. The minimum atomic E-state index is 0.619. The summed E-state index contributed by atoms with van der Waals surface area (Å²) in [5.41, 5.74) is 1.49. The molecule has 0 atom stereocenters. The van der Waals surface area contributed by atoms with Crippen LogP contribution < -0.4 is 4.74 Å². The highest BCUT2D eigenvalue weighted by Gasteiger charge is 2.11. The Balaban J connectivity index is 1.64. The Labute approximate surface area is 117 Å². The third-order valence-corrected chi connectivity index (χ3v) is 3.68. The van der Waals surface area contributed by atoms with Crippen LogP contribution in [0.5, 0.6) is 5.75 Å². The van der Waals surface area contributed by atoms with E-state index in [0.29, 0.717) is 11.6 Å². The van der Waals surface area contributed by atoms with Crippen LogP contribution in [0.15, 0.2) is 24.5 Å². The number of aromatic nitrogens is 2. The molecule has 1 aliphatic heterocycles. The smallest absolute Gasteiger partial charge is 0.139 e. The number of likely N-dealkylation sites (tertiary alicyclic amines) is 1. The molecule has 0 N–H and O–H groups in total. The zero-order chi connectivity index (χ0) is 13.1. The van der Waals surface area contributed by atoms with E-state index in [1.807, 2.05) is 6.07 Å². The van der Waals surface area contributed by atoms with Gasteiger partial charge in [-0.15, -0.1) is 0 Å². The maximum Gasteiger partial charge on any atom is 0.139 e. The summed E-state index contributed by atoms with van der Waals surface area (Å²) in [6.45, 7) is 4.04. The SMILES string of the molecule is Clc1ccnc2cc(OCCN3CCCC3)cnc12. The van der Waals surface area contributed by atoms with E-state index in [-0.39, 0.29) is 0 Å². The summed E-state index contributed by atoms with van der Waals surface area (Å²) in [5.74, 6) is 0.751. The largest absolute Gasteiger partial charge is 0.491 e. The number of hydrogen-bond acceptors (Lipinski definition) is 4. The van der Waals surface area contributed by atoms with Crippen molar-refractivity contribution in [2.24, 2.45) is 0 Å². The van der Waals surface area contributed by atoms with Crippen molar-refractivity contribution in [2.45, 2.75) is 12.8 Å². The van der Waals surface area contributed by atoms with Gasteiger partial charge in [0.1, 0.15) is 17.9 Å². The van der Waals surface area contributed by atoms with Crippen LogP contribution in [0.1, 0.15) is 12.8 Å². The van der Waals surface area contributed by atoms with Gasteiger partial charge in [-0.3, -0.25) is 9.88 Å². The number of pyridine rings is 2.